The largest absolute Gasteiger partial charge is 0.367 e. The highest BCUT2D eigenvalue weighted by atomic mass is 79.9. The monoisotopic (exact) mass is 254 g/mol. The van der Waals surface area contributed by atoms with Crippen molar-refractivity contribution >= 4 is 15.9 Å². The summed E-state index contributed by atoms with van der Waals surface area (Å²) in [5.74, 6) is 0. The molecule has 76 valence electrons. The van der Waals surface area contributed by atoms with E-state index in [0.717, 1.165) is 10.0 Å². The molecule has 1 rings (SSSR count). The van der Waals surface area contributed by atoms with Gasteiger partial charge >= 0.3 is 0 Å². The Morgan fingerprint density at radius 1 is 1.43 bits per heavy atom. The Morgan fingerprint density at radius 3 is 2.64 bits per heavy atom. The first-order chi connectivity index (χ1) is 6.58. The van der Waals surface area contributed by atoms with Crippen LogP contribution in [0.1, 0.15) is 19.4 Å². The lowest BCUT2D eigenvalue weighted by molar-refractivity contribution is -0.00517. The number of rotatable bonds is 4. The molecule has 0 aliphatic heterocycles. The fourth-order valence-corrected chi connectivity index (χ4v) is 2.06. The third kappa shape index (κ3) is 2.69. The van der Waals surface area contributed by atoms with Crippen LogP contribution >= 0.6 is 15.9 Å². The molecule has 1 aromatic carbocycles. The van der Waals surface area contributed by atoms with Gasteiger partial charge in [0.05, 0.1) is 12.2 Å². The predicted octanol–water partition coefficient (Wildman–Crippen LogP) is 3.89. The van der Waals surface area contributed by atoms with Gasteiger partial charge in [0, 0.05) is 4.47 Å². The summed E-state index contributed by atoms with van der Waals surface area (Å²) in [5, 5.41) is 0. The number of ether oxygens (including phenoxy) is 1. The van der Waals surface area contributed by atoms with Crippen LogP contribution in [0.5, 0.6) is 0 Å². The van der Waals surface area contributed by atoms with Crippen molar-refractivity contribution in [2.24, 2.45) is 0 Å². The molecule has 0 atom stereocenters. The second-order valence-electron chi connectivity index (χ2n) is 3.59. The molecule has 0 heterocycles. The molecule has 0 radical (unpaired) electrons. The van der Waals surface area contributed by atoms with Crippen LogP contribution in [0, 0.1) is 0 Å². The molecule has 0 spiro atoms. The highest BCUT2D eigenvalue weighted by molar-refractivity contribution is 9.10. The van der Waals surface area contributed by atoms with Gasteiger partial charge in [0.15, 0.2) is 0 Å². The van der Waals surface area contributed by atoms with E-state index in [2.05, 4.69) is 42.4 Å². The molecule has 0 aromatic heterocycles. The Bertz CT molecular complexity index is 318. The van der Waals surface area contributed by atoms with E-state index in [-0.39, 0.29) is 5.60 Å². The minimum absolute atomic E-state index is 0.283. The van der Waals surface area contributed by atoms with Crippen LogP contribution in [0.4, 0.5) is 0 Å². The van der Waals surface area contributed by atoms with Crippen LogP contribution in [-0.2, 0) is 10.3 Å². The number of hydrogen-bond donors (Lipinski definition) is 0. The molecule has 0 aliphatic carbocycles. The summed E-state index contributed by atoms with van der Waals surface area (Å²) in [4.78, 5) is 0. The molecule has 0 unspecified atom stereocenters. The highest BCUT2D eigenvalue weighted by Crippen LogP contribution is 2.30. The van der Waals surface area contributed by atoms with Crippen molar-refractivity contribution < 1.29 is 4.74 Å². The Morgan fingerprint density at radius 2 is 2.07 bits per heavy atom. The quantitative estimate of drug-likeness (QED) is 0.742. The summed E-state index contributed by atoms with van der Waals surface area (Å²) in [6.45, 7) is 8.31. The molecule has 1 nitrogen and oxygen atoms in total. The lowest BCUT2D eigenvalue weighted by atomic mass is 9.98. The molecule has 0 amide bonds. The van der Waals surface area contributed by atoms with Crippen molar-refractivity contribution in [2.45, 2.75) is 19.4 Å². The maximum absolute atomic E-state index is 5.70. The van der Waals surface area contributed by atoms with Gasteiger partial charge in [0.2, 0.25) is 0 Å². The van der Waals surface area contributed by atoms with Crippen LogP contribution in [0.2, 0.25) is 0 Å². The fourth-order valence-electron chi connectivity index (χ4n) is 1.29. The van der Waals surface area contributed by atoms with Gasteiger partial charge in [0.1, 0.15) is 0 Å². The summed E-state index contributed by atoms with van der Waals surface area (Å²) in [7, 11) is 0. The standard InChI is InChI=1S/C12H15BrO/c1-4-9-14-12(2,3)10-7-5-6-8-11(10)13/h4-8H,1,9H2,2-3H3. The summed E-state index contributed by atoms with van der Waals surface area (Å²) in [6, 6.07) is 8.10. The fraction of sp³-hybridized carbons (Fsp3) is 0.333. The molecule has 0 aliphatic rings. The van der Waals surface area contributed by atoms with Crippen molar-refractivity contribution in [1.82, 2.24) is 0 Å². The molecule has 0 N–H and O–H groups in total. The average molecular weight is 255 g/mol. The maximum Gasteiger partial charge on any atom is 0.0890 e. The van der Waals surface area contributed by atoms with Gasteiger partial charge in [-0.25, -0.2) is 0 Å². The van der Waals surface area contributed by atoms with Crippen molar-refractivity contribution in [2.75, 3.05) is 6.61 Å². The smallest absolute Gasteiger partial charge is 0.0890 e. The van der Waals surface area contributed by atoms with Crippen molar-refractivity contribution in [3.63, 3.8) is 0 Å². The van der Waals surface area contributed by atoms with Crippen molar-refractivity contribution in [3.8, 4) is 0 Å². The second-order valence-corrected chi connectivity index (χ2v) is 4.44. The van der Waals surface area contributed by atoms with Gasteiger partial charge in [-0.2, -0.15) is 0 Å². The summed E-state index contributed by atoms with van der Waals surface area (Å²) in [6.07, 6.45) is 1.76. The minimum atomic E-state index is -0.283. The van der Waals surface area contributed by atoms with E-state index < -0.39 is 0 Å². The normalized spacial score (nSPS) is 11.4. The Balaban J connectivity index is 2.91. The second kappa shape index (κ2) is 4.76. The minimum Gasteiger partial charge on any atom is -0.367 e. The van der Waals surface area contributed by atoms with Gasteiger partial charge in [-0.1, -0.05) is 40.2 Å². The molecule has 0 fully saturated rings. The summed E-state index contributed by atoms with van der Waals surface area (Å²) >= 11 is 3.52. The zero-order valence-electron chi connectivity index (χ0n) is 8.59. The lowest BCUT2D eigenvalue weighted by Crippen LogP contribution is -2.22. The van der Waals surface area contributed by atoms with Gasteiger partial charge in [-0.15, -0.1) is 6.58 Å². The Kier molecular flexibility index (Phi) is 3.90. The molecule has 2 heteroatoms. The molecule has 1 aromatic rings. The zero-order valence-corrected chi connectivity index (χ0v) is 10.2. The van der Waals surface area contributed by atoms with Crippen LogP contribution in [0.15, 0.2) is 41.4 Å². The van der Waals surface area contributed by atoms with Crippen molar-refractivity contribution in [1.29, 1.82) is 0 Å². The maximum atomic E-state index is 5.70. The SMILES string of the molecule is C=CCOC(C)(C)c1ccccc1Br. The van der Waals surface area contributed by atoms with Gasteiger partial charge in [-0.3, -0.25) is 0 Å². The van der Waals surface area contributed by atoms with E-state index in [1.54, 1.807) is 6.08 Å². The van der Waals surface area contributed by atoms with E-state index >= 15 is 0 Å². The van der Waals surface area contributed by atoms with Gasteiger partial charge < -0.3 is 4.74 Å². The number of halogens is 1. The van der Waals surface area contributed by atoms with E-state index in [1.807, 2.05) is 18.2 Å². The topological polar surface area (TPSA) is 9.23 Å². The van der Waals surface area contributed by atoms with E-state index in [1.165, 1.54) is 0 Å². The summed E-state index contributed by atoms with van der Waals surface area (Å²) < 4.78 is 6.78. The van der Waals surface area contributed by atoms with Crippen LogP contribution in [-0.4, -0.2) is 6.61 Å². The van der Waals surface area contributed by atoms with E-state index in [0.29, 0.717) is 6.61 Å². The van der Waals surface area contributed by atoms with E-state index in [9.17, 15) is 0 Å². The molecule has 0 bridgehead atoms. The molecular weight excluding hydrogens is 240 g/mol. The molecule has 0 saturated carbocycles. The molecule has 14 heavy (non-hydrogen) atoms. The first-order valence-corrected chi connectivity index (χ1v) is 5.37. The zero-order chi connectivity index (χ0) is 10.6. The summed E-state index contributed by atoms with van der Waals surface area (Å²) in [5.41, 5.74) is 0.871. The third-order valence-electron chi connectivity index (χ3n) is 2.08. The van der Waals surface area contributed by atoms with E-state index in [4.69, 9.17) is 4.74 Å². The highest BCUT2D eigenvalue weighted by Gasteiger charge is 2.22. The average Bonchev–Trinajstić information content (AvgIpc) is 2.15. The van der Waals surface area contributed by atoms with Gasteiger partial charge in [-0.05, 0) is 25.5 Å². The van der Waals surface area contributed by atoms with Crippen LogP contribution < -0.4 is 0 Å². The molecular formula is C12H15BrO. The Hall–Kier alpha value is -0.600. The first kappa shape index (κ1) is 11.5. The number of hydrogen-bond acceptors (Lipinski definition) is 1. The Labute approximate surface area is 93.9 Å². The van der Waals surface area contributed by atoms with Crippen LogP contribution in [0.25, 0.3) is 0 Å². The molecule has 0 saturated heterocycles. The van der Waals surface area contributed by atoms with Crippen LogP contribution in [0.3, 0.4) is 0 Å². The van der Waals surface area contributed by atoms with Crippen molar-refractivity contribution in [3.05, 3.63) is 47.0 Å². The first-order valence-electron chi connectivity index (χ1n) is 4.58. The lowest BCUT2D eigenvalue weighted by Gasteiger charge is -2.26. The predicted molar refractivity (Wildman–Crippen MR) is 63.3 cm³/mol. The number of benzene rings is 1. The third-order valence-corrected chi connectivity index (χ3v) is 2.78. The van der Waals surface area contributed by atoms with Gasteiger partial charge in [0.25, 0.3) is 0 Å².